The first-order chi connectivity index (χ1) is 9.56. The van der Waals surface area contributed by atoms with Gasteiger partial charge in [0.05, 0.1) is 5.56 Å². The van der Waals surface area contributed by atoms with Gasteiger partial charge in [-0.1, -0.05) is 22.0 Å². The molecule has 0 saturated heterocycles. The summed E-state index contributed by atoms with van der Waals surface area (Å²) in [5.41, 5.74) is 1.78. The van der Waals surface area contributed by atoms with Crippen molar-refractivity contribution in [2.75, 3.05) is 0 Å². The lowest BCUT2D eigenvalue weighted by Gasteiger charge is -2.00. The Kier molecular flexibility index (Phi) is 3.51. The van der Waals surface area contributed by atoms with E-state index in [0.29, 0.717) is 17.0 Å². The summed E-state index contributed by atoms with van der Waals surface area (Å²) < 4.78 is 7.56. The van der Waals surface area contributed by atoms with Crippen LogP contribution in [0.3, 0.4) is 0 Å². The first-order valence-corrected chi connectivity index (χ1v) is 7.51. The Morgan fingerprint density at radius 1 is 1.30 bits per heavy atom. The van der Waals surface area contributed by atoms with Gasteiger partial charge in [-0.15, -0.1) is 0 Å². The quantitative estimate of drug-likeness (QED) is 0.589. The zero-order chi connectivity index (χ0) is 14.3. The first kappa shape index (κ1) is 13.6. The van der Waals surface area contributed by atoms with Crippen molar-refractivity contribution in [2.45, 2.75) is 0 Å². The van der Waals surface area contributed by atoms with Gasteiger partial charge in [-0.2, -0.15) is 0 Å². The van der Waals surface area contributed by atoms with E-state index in [9.17, 15) is 4.79 Å². The minimum Gasteiger partial charge on any atom is -0.478 e. The molecule has 3 aromatic rings. The fourth-order valence-corrected chi connectivity index (χ4v) is 2.82. The first-order valence-electron chi connectivity index (χ1n) is 5.64. The number of oxazole rings is 1. The molecule has 2 aromatic carbocycles. The molecular formula is C14H7BrINO3. The van der Waals surface area contributed by atoms with Crippen LogP contribution >= 0.6 is 38.5 Å². The van der Waals surface area contributed by atoms with E-state index in [1.165, 1.54) is 6.07 Å². The predicted octanol–water partition coefficient (Wildman–Crippen LogP) is 4.56. The Bertz CT molecular complexity index is 828. The maximum atomic E-state index is 11.2. The summed E-state index contributed by atoms with van der Waals surface area (Å²) in [6.45, 7) is 0. The van der Waals surface area contributed by atoms with Gasteiger partial charge in [0, 0.05) is 8.04 Å². The molecule has 0 spiro atoms. The van der Waals surface area contributed by atoms with Crippen molar-refractivity contribution < 1.29 is 14.3 Å². The van der Waals surface area contributed by atoms with E-state index in [4.69, 9.17) is 9.52 Å². The number of benzene rings is 2. The average molecular weight is 444 g/mol. The second-order valence-corrected chi connectivity index (χ2v) is 6.18. The largest absolute Gasteiger partial charge is 0.478 e. The summed E-state index contributed by atoms with van der Waals surface area (Å²) in [6.07, 6.45) is 0. The number of hydrogen-bond donors (Lipinski definition) is 1. The third kappa shape index (κ3) is 2.33. The molecule has 0 radical (unpaired) electrons. The number of para-hydroxylation sites is 1. The molecule has 100 valence electrons. The van der Waals surface area contributed by atoms with Crippen LogP contribution in [0.25, 0.3) is 22.6 Å². The van der Waals surface area contributed by atoms with Gasteiger partial charge in [-0.25, -0.2) is 9.78 Å². The number of rotatable bonds is 2. The second kappa shape index (κ2) is 5.17. The highest BCUT2D eigenvalue weighted by atomic mass is 127. The molecule has 0 aliphatic heterocycles. The van der Waals surface area contributed by atoms with Crippen LogP contribution in [0.1, 0.15) is 10.4 Å². The number of carbonyl (C=O) groups is 1. The van der Waals surface area contributed by atoms with E-state index in [1.54, 1.807) is 12.1 Å². The van der Waals surface area contributed by atoms with E-state index in [2.05, 4.69) is 43.5 Å². The van der Waals surface area contributed by atoms with Gasteiger partial charge in [0.15, 0.2) is 5.58 Å². The van der Waals surface area contributed by atoms with Crippen molar-refractivity contribution in [1.29, 1.82) is 0 Å². The molecule has 3 rings (SSSR count). The summed E-state index contributed by atoms with van der Waals surface area (Å²) in [5, 5.41) is 9.16. The molecule has 0 aliphatic rings. The summed E-state index contributed by atoms with van der Waals surface area (Å²) >= 11 is 5.60. The molecule has 0 fully saturated rings. The van der Waals surface area contributed by atoms with Crippen LogP contribution in [0, 0.1) is 3.57 Å². The topological polar surface area (TPSA) is 63.3 Å². The van der Waals surface area contributed by atoms with Crippen molar-refractivity contribution >= 4 is 55.6 Å². The van der Waals surface area contributed by atoms with Crippen molar-refractivity contribution in [3.05, 3.63) is 50.0 Å². The lowest BCUT2D eigenvalue weighted by molar-refractivity contribution is 0.0698. The van der Waals surface area contributed by atoms with Gasteiger partial charge in [-0.3, -0.25) is 0 Å². The Balaban J connectivity index is 2.26. The smallest absolute Gasteiger partial charge is 0.339 e. The van der Waals surface area contributed by atoms with Crippen LogP contribution in [-0.4, -0.2) is 16.1 Å². The molecule has 1 heterocycles. The highest BCUT2D eigenvalue weighted by molar-refractivity contribution is 14.1. The lowest BCUT2D eigenvalue weighted by Crippen LogP contribution is -1.95. The fraction of sp³-hybridized carbons (Fsp3) is 0. The summed E-state index contributed by atoms with van der Waals surface area (Å²) in [4.78, 5) is 15.6. The van der Waals surface area contributed by atoms with Crippen molar-refractivity contribution in [3.63, 3.8) is 0 Å². The number of fused-ring (bicyclic) bond motifs is 1. The van der Waals surface area contributed by atoms with Gasteiger partial charge in [-0.05, 0) is 52.9 Å². The van der Waals surface area contributed by atoms with Crippen LogP contribution in [0.5, 0.6) is 0 Å². The Morgan fingerprint density at radius 2 is 2.10 bits per heavy atom. The van der Waals surface area contributed by atoms with Crippen molar-refractivity contribution in [3.8, 4) is 11.5 Å². The van der Waals surface area contributed by atoms with Gasteiger partial charge >= 0.3 is 5.97 Å². The summed E-state index contributed by atoms with van der Waals surface area (Å²) in [7, 11) is 0. The minimum absolute atomic E-state index is 0.117. The van der Waals surface area contributed by atoms with E-state index in [-0.39, 0.29) is 5.56 Å². The molecule has 0 unspecified atom stereocenters. The number of nitrogens with zero attached hydrogens (tertiary/aromatic N) is 1. The molecule has 0 aliphatic carbocycles. The SMILES string of the molecule is O=C(O)c1cccc2nc(-c3cc(Br)ccc3I)oc12. The maximum Gasteiger partial charge on any atom is 0.339 e. The Labute approximate surface area is 136 Å². The number of carboxylic acids is 1. The number of carboxylic acid groups (broad SMARTS) is 1. The molecule has 0 amide bonds. The molecule has 1 N–H and O–H groups in total. The number of hydrogen-bond acceptors (Lipinski definition) is 3. The molecular weight excluding hydrogens is 437 g/mol. The summed E-state index contributed by atoms with van der Waals surface area (Å²) in [6, 6.07) is 10.7. The van der Waals surface area contributed by atoms with E-state index < -0.39 is 5.97 Å². The van der Waals surface area contributed by atoms with Gasteiger partial charge in [0.25, 0.3) is 0 Å². The van der Waals surface area contributed by atoms with E-state index >= 15 is 0 Å². The molecule has 0 saturated carbocycles. The highest BCUT2D eigenvalue weighted by Gasteiger charge is 2.17. The van der Waals surface area contributed by atoms with Gasteiger partial charge in [0.1, 0.15) is 11.1 Å². The summed E-state index contributed by atoms with van der Waals surface area (Å²) in [5.74, 6) is -0.610. The average Bonchev–Trinajstić information content (AvgIpc) is 2.84. The maximum absolute atomic E-state index is 11.2. The van der Waals surface area contributed by atoms with Crippen LogP contribution in [-0.2, 0) is 0 Å². The lowest BCUT2D eigenvalue weighted by atomic mass is 10.2. The van der Waals surface area contributed by atoms with E-state index in [1.807, 2.05) is 18.2 Å². The Hall–Kier alpha value is -1.41. The fourth-order valence-electron chi connectivity index (χ4n) is 1.89. The third-order valence-corrected chi connectivity index (χ3v) is 4.24. The Morgan fingerprint density at radius 3 is 2.85 bits per heavy atom. The molecule has 0 bridgehead atoms. The highest BCUT2D eigenvalue weighted by Crippen LogP contribution is 2.31. The predicted molar refractivity (Wildman–Crippen MR) is 86.8 cm³/mol. The number of aromatic carboxylic acids is 1. The monoisotopic (exact) mass is 443 g/mol. The minimum atomic E-state index is -1.03. The molecule has 6 heteroatoms. The van der Waals surface area contributed by atoms with Crippen LogP contribution in [0.2, 0.25) is 0 Å². The molecule has 0 atom stereocenters. The number of halogens is 2. The van der Waals surface area contributed by atoms with Gasteiger partial charge < -0.3 is 9.52 Å². The third-order valence-electron chi connectivity index (χ3n) is 2.80. The van der Waals surface area contributed by atoms with Crippen molar-refractivity contribution in [2.24, 2.45) is 0 Å². The zero-order valence-electron chi connectivity index (χ0n) is 9.93. The van der Waals surface area contributed by atoms with E-state index in [0.717, 1.165) is 13.6 Å². The molecule has 1 aromatic heterocycles. The molecule has 20 heavy (non-hydrogen) atoms. The van der Waals surface area contributed by atoms with Gasteiger partial charge in [0.2, 0.25) is 5.89 Å². The standard InChI is InChI=1S/C14H7BrINO3/c15-7-4-5-10(16)9(6-7)13-17-11-3-1-2-8(14(18)19)12(11)20-13/h1-6H,(H,18,19). The van der Waals surface area contributed by atoms with Crippen molar-refractivity contribution in [1.82, 2.24) is 4.98 Å². The number of aromatic nitrogens is 1. The van der Waals surface area contributed by atoms with Crippen LogP contribution < -0.4 is 0 Å². The zero-order valence-corrected chi connectivity index (χ0v) is 13.7. The normalized spacial score (nSPS) is 10.9. The molecule has 4 nitrogen and oxygen atoms in total. The van der Waals surface area contributed by atoms with Crippen LogP contribution in [0.4, 0.5) is 0 Å². The second-order valence-electron chi connectivity index (χ2n) is 4.10. The van der Waals surface area contributed by atoms with Crippen LogP contribution in [0.15, 0.2) is 45.3 Å².